The van der Waals surface area contributed by atoms with Gasteiger partial charge in [0.2, 0.25) is 0 Å². The van der Waals surface area contributed by atoms with Crippen molar-refractivity contribution in [1.82, 2.24) is 9.80 Å². The SMILES string of the molecule is CN(C(=O)OC(C)(C)C)[C@@H]1CCN(C(=O)c2ccsc2)C1. The maximum atomic E-state index is 12.3. The minimum atomic E-state index is -0.504. The third kappa shape index (κ3) is 3.97. The fraction of sp³-hybridized carbons (Fsp3) is 0.600. The molecule has 1 aromatic heterocycles. The van der Waals surface area contributed by atoms with Crippen molar-refractivity contribution in [3.8, 4) is 0 Å². The van der Waals surface area contributed by atoms with Gasteiger partial charge in [0, 0.05) is 25.5 Å². The van der Waals surface area contributed by atoms with Gasteiger partial charge in [-0.15, -0.1) is 0 Å². The summed E-state index contributed by atoms with van der Waals surface area (Å²) in [7, 11) is 1.73. The van der Waals surface area contributed by atoms with Crippen molar-refractivity contribution in [2.24, 2.45) is 0 Å². The van der Waals surface area contributed by atoms with E-state index in [1.807, 2.05) is 37.6 Å². The monoisotopic (exact) mass is 310 g/mol. The highest BCUT2D eigenvalue weighted by Crippen LogP contribution is 2.20. The molecule has 0 radical (unpaired) electrons. The molecule has 0 aliphatic carbocycles. The summed E-state index contributed by atoms with van der Waals surface area (Å²) in [6.45, 7) is 6.77. The average molecular weight is 310 g/mol. The highest BCUT2D eigenvalue weighted by Gasteiger charge is 2.33. The summed E-state index contributed by atoms with van der Waals surface area (Å²) in [4.78, 5) is 27.7. The van der Waals surface area contributed by atoms with Crippen molar-refractivity contribution < 1.29 is 14.3 Å². The molecule has 2 amide bonds. The Bertz CT molecular complexity index is 507. The van der Waals surface area contributed by atoms with Gasteiger partial charge in [0.15, 0.2) is 0 Å². The molecule has 1 atom stereocenters. The van der Waals surface area contributed by atoms with Gasteiger partial charge in [-0.2, -0.15) is 11.3 Å². The Labute approximate surface area is 129 Å². The molecular formula is C15H22N2O3S. The summed E-state index contributed by atoms with van der Waals surface area (Å²) in [6.07, 6.45) is 0.448. The van der Waals surface area contributed by atoms with Crippen LogP contribution in [0.5, 0.6) is 0 Å². The van der Waals surface area contributed by atoms with Gasteiger partial charge in [-0.3, -0.25) is 4.79 Å². The van der Waals surface area contributed by atoms with E-state index in [4.69, 9.17) is 4.74 Å². The van der Waals surface area contributed by atoms with Crippen molar-refractivity contribution in [2.45, 2.75) is 38.8 Å². The number of likely N-dealkylation sites (N-methyl/N-ethyl adjacent to an activating group) is 1. The standard InChI is InChI=1S/C15H22N2O3S/c1-15(2,3)20-14(19)16(4)12-5-7-17(9-12)13(18)11-6-8-21-10-11/h6,8,10,12H,5,7,9H2,1-4H3/t12-/m1/s1. The van der Waals surface area contributed by atoms with Crippen molar-refractivity contribution in [1.29, 1.82) is 0 Å². The summed E-state index contributed by atoms with van der Waals surface area (Å²) in [5, 5.41) is 3.75. The molecule has 0 bridgehead atoms. The van der Waals surface area contributed by atoms with Crippen LogP contribution in [0.25, 0.3) is 0 Å². The Morgan fingerprint density at radius 3 is 2.71 bits per heavy atom. The Morgan fingerprint density at radius 1 is 1.43 bits per heavy atom. The van der Waals surface area contributed by atoms with E-state index in [2.05, 4.69) is 0 Å². The fourth-order valence-electron chi connectivity index (χ4n) is 2.29. The second-order valence-electron chi connectivity index (χ2n) is 6.30. The third-order valence-electron chi connectivity index (χ3n) is 3.45. The van der Waals surface area contributed by atoms with E-state index < -0.39 is 5.60 Å². The normalized spacial score (nSPS) is 18.7. The van der Waals surface area contributed by atoms with Gasteiger partial charge in [-0.1, -0.05) is 0 Å². The Kier molecular flexibility index (Phi) is 4.56. The molecule has 1 saturated heterocycles. The average Bonchev–Trinajstić information content (AvgIpc) is 3.06. The molecule has 5 nitrogen and oxygen atoms in total. The number of thiophene rings is 1. The highest BCUT2D eigenvalue weighted by molar-refractivity contribution is 7.08. The lowest BCUT2D eigenvalue weighted by Crippen LogP contribution is -2.42. The number of hydrogen-bond acceptors (Lipinski definition) is 4. The first-order valence-corrected chi connectivity index (χ1v) is 7.99. The van der Waals surface area contributed by atoms with E-state index in [-0.39, 0.29) is 18.0 Å². The van der Waals surface area contributed by atoms with Crippen LogP contribution in [0.15, 0.2) is 16.8 Å². The molecule has 2 rings (SSSR count). The molecule has 0 spiro atoms. The summed E-state index contributed by atoms with van der Waals surface area (Å²) >= 11 is 1.51. The zero-order valence-electron chi connectivity index (χ0n) is 13.0. The van der Waals surface area contributed by atoms with E-state index >= 15 is 0 Å². The number of likely N-dealkylation sites (tertiary alicyclic amines) is 1. The zero-order chi connectivity index (χ0) is 15.6. The first kappa shape index (κ1) is 15.8. The van der Waals surface area contributed by atoms with Gasteiger partial charge in [-0.05, 0) is 38.6 Å². The molecule has 0 N–H and O–H groups in total. The largest absolute Gasteiger partial charge is 0.444 e. The van der Waals surface area contributed by atoms with Crippen molar-refractivity contribution in [3.63, 3.8) is 0 Å². The Balaban J connectivity index is 1.93. The van der Waals surface area contributed by atoms with E-state index in [9.17, 15) is 9.59 Å². The number of rotatable bonds is 2. The Hall–Kier alpha value is -1.56. The first-order chi connectivity index (χ1) is 9.78. The van der Waals surface area contributed by atoms with Crippen LogP contribution in [0.2, 0.25) is 0 Å². The number of nitrogens with zero attached hydrogens (tertiary/aromatic N) is 2. The van der Waals surface area contributed by atoms with Crippen LogP contribution >= 0.6 is 11.3 Å². The second-order valence-corrected chi connectivity index (χ2v) is 7.08. The number of carbonyl (C=O) groups is 2. The molecule has 1 aliphatic rings. The number of ether oxygens (including phenoxy) is 1. The summed E-state index contributed by atoms with van der Waals surface area (Å²) in [5.41, 5.74) is 0.219. The zero-order valence-corrected chi connectivity index (χ0v) is 13.8. The summed E-state index contributed by atoms with van der Waals surface area (Å²) in [5.74, 6) is 0.0383. The van der Waals surface area contributed by atoms with Crippen LogP contribution in [-0.4, -0.2) is 53.6 Å². The van der Waals surface area contributed by atoms with Crippen LogP contribution in [0, 0.1) is 0 Å². The quantitative estimate of drug-likeness (QED) is 0.844. The molecular weight excluding hydrogens is 288 g/mol. The molecule has 6 heteroatoms. The molecule has 0 unspecified atom stereocenters. The van der Waals surface area contributed by atoms with E-state index in [0.717, 1.165) is 12.0 Å². The van der Waals surface area contributed by atoms with Crippen LogP contribution in [-0.2, 0) is 4.74 Å². The molecule has 21 heavy (non-hydrogen) atoms. The van der Waals surface area contributed by atoms with Gasteiger partial charge >= 0.3 is 6.09 Å². The van der Waals surface area contributed by atoms with Crippen molar-refractivity contribution >= 4 is 23.3 Å². The predicted octanol–water partition coefficient (Wildman–Crippen LogP) is 2.83. The molecule has 0 aromatic carbocycles. The molecule has 116 valence electrons. The molecule has 1 aliphatic heterocycles. The second kappa shape index (κ2) is 6.05. The Morgan fingerprint density at radius 2 is 2.14 bits per heavy atom. The van der Waals surface area contributed by atoms with Gasteiger partial charge < -0.3 is 14.5 Å². The summed E-state index contributed by atoms with van der Waals surface area (Å²) in [6, 6.07) is 1.85. The van der Waals surface area contributed by atoms with Crippen LogP contribution in [0.4, 0.5) is 4.79 Å². The maximum Gasteiger partial charge on any atom is 0.410 e. The van der Waals surface area contributed by atoms with Gasteiger partial charge in [0.05, 0.1) is 11.6 Å². The highest BCUT2D eigenvalue weighted by atomic mass is 32.1. The van der Waals surface area contributed by atoms with Gasteiger partial charge in [-0.25, -0.2) is 4.79 Å². The van der Waals surface area contributed by atoms with E-state index in [0.29, 0.717) is 13.1 Å². The van der Waals surface area contributed by atoms with Gasteiger partial charge in [0.1, 0.15) is 5.60 Å². The molecule has 1 fully saturated rings. The van der Waals surface area contributed by atoms with Crippen LogP contribution < -0.4 is 0 Å². The van der Waals surface area contributed by atoms with E-state index in [1.54, 1.807) is 16.8 Å². The number of carbonyl (C=O) groups excluding carboxylic acids is 2. The molecule has 1 aromatic rings. The van der Waals surface area contributed by atoms with Crippen molar-refractivity contribution in [2.75, 3.05) is 20.1 Å². The lowest BCUT2D eigenvalue weighted by Gasteiger charge is -2.28. The lowest BCUT2D eigenvalue weighted by atomic mass is 10.2. The number of amides is 2. The van der Waals surface area contributed by atoms with Crippen molar-refractivity contribution in [3.05, 3.63) is 22.4 Å². The van der Waals surface area contributed by atoms with E-state index in [1.165, 1.54) is 11.3 Å². The fourth-order valence-corrected chi connectivity index (χ4v) is 2.92. The van der Waals surface area contributed by atoms with Crippen LogP contribution in [0.3, 0.4) is 0 Å². The smallest absolute Gasteiger partial charge is 0.410 e. The molecule has 2 heterocycles. The topological polar surface area (TPSA) is 49.9 Å². The van der Waals surface area contributed by atoms with Gasteiger partial charge in [0.25, 0.3) is 5.91 Å². The first-order valence-electron chi connectivity index (χ1n) is 7.05. The third-order valence-corrected chi connectivity index (χ3v) is 4.13. The molecule has 0 saturated carbocycles. The minimum absolute atomic E-state index is 0.0161. The summed E-state index contributed by atoms with van der Waals surface area (Å²) < 4.78 is 5.37. The minimum Gasteiger partial charge on any atom is -0.444 e. The number of hydrogen-bond donors (Lipinski definition) is 0. The van der Waals surface area contributed by atoms with Crippen LogP contribution in [0.1, 0.15) is 37.6 Å². The lowest BCUT2D eigenvalue weighted by molar-refractivity contribution is 0.0226. The maximum absolute atomic E-state index is 12.3. The predicted molar refractivity (Wildman–Crippen MR) is 82.6 cm³/mol.